The second kappa shape index (κ2) is 7.21. The van der Waals surface area contributed by atoms with Crippen molar-refractivity contribution in [1.82, 2.24) is 0 Å². The Hall–Kier alpha value is -2.09. The van der Waals surface area contributed by atoms with Crippen molar-refractivity contribution in [1.29, 1.82) is 0 Å². The molecular formula is C16H15BClNO5. The van der Waals surface area contributed by atoms with Gasteiger partial charge in [-0.15, -0.1) is 0 Å². The molecule has 2 aromatic rings. The Morgan fingerprint density at radius 3 is 2.75 bits per heavy atom. The van der Waals surface area contributed by atoms with Crippen LogP contribution in [0.3, 0.4) is 0 Å². The topological polar surface area (TPSA) is 81.8 Å². The quantitative estimate of drug-likeness (QED) is 0.491. The summed E-state index contributed by atoms with van der Waals surface area (Å²) in [6.45, 7) is -0.0536. The summed E-state index contributed by atoms with van der Waals surface area (Å²) < 4.78 is 11.0. The van der Waals surface area contributed by atoms with E-state index in [1.54, 1.807) is 12.1 Å². The molecule has 1 unspecified atom stereocenters. The molecule has 1 aliphatic heterocycles. The molecule has 1 atom stereocenters. The van der Waals surface area contributed by atoms with Gasteiger partial charge in [0.1, 0.15) is 11.9 Å². The minimum atomic E-state index is -1.28. The predicted octanol–water partition coefficient (Wildman–Crippen LogP) is 2.00. The highest BCUT2D eigenvalue weighted by Gasteiger charge is 2.42. The summed E-state index contributed by atoms with van der Waals surface area (Å²) in [7, 11) is -1.28. The summed E-state index contributed by atoms with van der Waals surface area (Å²) in [4.78, 5) is 10.3. The fourth-order valence-corrected chi connectivity index (χ4v) is 3.07. The number of ether oxygens (including phenoxy) is 1. The predicted molar refractivity (Wildman–Crippen MR) is 90.4 cm³/mol. The Bertz CT molecular complexity index is 743. The molecule has 0 bridgehead atoms. The van der Waals surface area contributed by atoms with Crippen LogP contribution in [0.1, 0.15) is 17.2 Å². The first kappa shape index (κ1) is 16.8. The van der Waals surface area contributed by atoms with Crippen LogP contribution >= 0.6 is 11.6 Å². The number of halogens is 1. The molecule has 0 aliphatic carbocycles. The van der Waals surface area contributed by atoms with E-state index in [1.165, 1.54) is 0 Å². The van der Waals surface area contributed by atoms with Gasteiger partial charge in [-0.05, 0) is 17.7 Å². The molecule has 0 radical (unpaired) electrons. The van der Waals surface area contributed by atoms with Crippen molar-refractivity contribution in [3.63, 3.8) is 0 Å². The van der Waals surface area contributed by atoms with Crippen molar-refractivity contribution >= 4 is 24.2 Å². The normalized spacial score (nSPS) is 16.1. The summed E-state index contributed by atoms with van der Waals surface area (Å²) in [6, 6.07) is 13.1. The van der Waals surface area contributed by atoms with Gasteiger partial charge in [0.15, 0.2) is 0 Å². The molecule has 0 amide bonds. The fraction of sp³-hybridized carbons (Fsp3) is 0.250. The molecular weight excluding hydrogens is 332 g/mol. The third-order valence-corrected chi connectivity index (χ3v) is 4.19. The van der Waals surface area contributed by atoms with E-state index < -0.39 is 24.7 Å². The van der Waals surface area contributed by atoms with Gasteiger partial charge in [-0.3, -0.25) is 10.1 Å². The van der Waals surface area contributed by atoms with Gasteiger partial charge in [-0.1, -0.05) is 41.9 Å². The zero-order valence-electron chi connectivity index (χ0n) is 12.7. The van der Waals surface area contributed by atoms with Gasteiger partial charge in [0.25, 0.3) is 0 Å². The molecule has 0 aromatic heterocycles. The largest absolute Gasteiger partial charge is 0.496 e. The molecule has 0 fully saturated rings. The highest BCUT2D eigenvalue weighted by molar-refractivity contribution is 6.63. The van der Waals surface area contributed by atoms with Crippen LogP contribution in [0.4, 0.5) is 0 Å². The molecule has 124 valence electrons. The average molecular weight is 348 g/mol. The Labute approximate surface area is 144 Å². The van der Waals surface area contributed by atoms with Crippen LogP contribution in [0, 0.1) is 10.1 Å². The molecule has 2 aromatic carbocycles. The minimum absolute atomic E-state index is 0.323. The number of nitro groups is 1. The number of fused-ring (bicyclic) bond motifs is 1. The Morgan fingerprint density at radius 2 is 2.04 bits per heavy atom. The van der Waals surface area contributed by atoms with E-state index in [2.05, 4.69) is 0 Å². The smallest absolute Gasteiger partial charge is 0.494 e. The maximum Gasteiger partial charge on any atom is 0.496 e. The fourth-order valence-electron chi connectivity index (χ4n) is 2.78. The monoisotopic (exact) mass is 347 g/mol. The van der Waals surface area contributed by atoms with Crippen molar-refractivity contribution in [2.45, 2.75) is 12.5 Å². The third kappa shape index (κ3) is 3.53. The molecule has 6 nitrogen and oxygen atoms in total. The summed E-state index contributed by atoms with van der Waals surface area (Å²) in [5, 5.41) is 21.2. The highest BCUT2D eigenvalue weighted by Crippen LogP contribution is 2.33. The van der Waals surface area contributed by atoms with E-state index in [1.807, 2.05) is 30.3 Å². The van der Waals surface area contributed by atoms with Crippen LogP contribution in [-0.4, -0.2) is 30.2 Å². The van der Waals surface area contributed by atoms with Crippen LogP contribution in [0.2, 0.25) is 5.02 Å². The van der Waals surface area contributed by atoms with Crippen molar-refractivity contribution in [2.75, 3.05) is 13.2 Å². The van der Waals surface area contributed by atoms with Gasteiger partial charge in [-0.2, -0.15) is 0 Å². The van der Waals surface area contributed by atoms with Crippen LogP contribution in [0.5, 0.6) is 5.75 Å². The number of hydrogen-bond donors (Lipinski definition) is 1. The van der Waals surface area contributed by atoms with E-state index in [0.29, 0.717) is 34.8 Å². The zero-order valence-corrected chi connectivity index (χ0v) is 13.5. The van der Waals surface area contributed by atoms with Gasteiger partial charge in [0.2, 0.25) is 6.54 Å². The lowest BCUT2D eigenvalue weighted by molar-refractivity contribution is -0.490. The first-order valence-electron chi connectivity index (χ1n) is 7.50. The molecule has 0 spiro atoms. The third-order valence-electron chi connectivity index (χ3n) is 3.86. The molecule has 24 heavy (non-hydrogen) atoms. The second-order valence-electron chi connectivity index (χ2n) is 5.45. The van der Waals surface area contributed by atoms with Crippen molar-refractivity contribution in [3.05, 3.63) is 68.7 Å². The lowest BCUT2D eigenvalue weighted by Gasteiger charge is -2.12. The van der Waals surface area contributed by atoms with E-state index >= 15 is 0 Å². The van der Waals surface area contributed by atoms with E-state index in [-0.39, 0.29) is 0 Å². The summed E-state index contributed by atoms with van der Waals surface area (Å²) >= 11 is 6.15. The van der Waals surface area contributed by atoms with Crippen LogP contribution in [-0.2, 0) is 11.1 Å². The molecule has 0 saturated heterocycles. The Kier molecular flexibility index (Phi) is 5.04. The Morgan fingerprint density at radius 1 is 1.29 bits per heavy atom. The molecule has 8 heteroatoms. The molecule has 3 rings (SSSR count). The number of hydrogen-bond acceptors (Lipinski definition) is 5. The highest BCUT2D eigenvalue weighted by atomic mass is 35.5. The van der Waals surface area contributed by atoms with E-state index in [4.69, 9.17) is 21.0 Å². The van der Waals surface area contributed by atoms with E-state index in [0.717, 1.165) is 5.56 Å². The van der Waals surface area contributed by atoms with Gasteiger partial charge in [-0.25, -0.2) is 0 Å². The molecule has 0 saturated carbocycles. The van der Waals surface area contributed by atoms with Gasteiger partial charge in [0.05, 0.1) is 6.61 Å². The summed E-state index contributed by atoms with van der Waals surface area (Å²) in [6.07, 6.45) is -0.178. The van der Waals surface area contributed by atoms with Gasteiger partial charge >= 0.3 is 7.12 Å². The SMILES string of the molecule is O=[N+]([O-])CC1OB(O)c2c(OCCc3ccccc3)ccc(Cl)c21. The van der Waals surface area contributed by atoms with Crippen LogP contribution < -0.4 is 10.2 Å². The number of nitrogens with zero attached hydrogens (tertiary/aromatic N) is 1. The standard InChI is InChI=1S/C16H15BClNO5/c18-12-6-7-13(23-9-8-11-4-2-1-3-5-11)16-15(12)14(10-19(21)22)24-17(16)20/h1-7,14,20H,8-10H2. The first-order valence-corrected chi connectivity index (χ1v) is 7.88. The number of rotatable bonds is 6. The van der Waals surface area contributed by atoms with Crippen molar-refractivity contribution in [3.8, 4) is 5.75 Å². The van der Waals surface area contributed by atoms with Crippen molar-refractivity contribution in [2.24, 2.45) is 0 Å². The Balaban J connectivity index is 1.78. The molecule has 1 N–H and O–H groups in total. The first-order chi connectivity index (χ1) is 11.6. The van der Waals surface area contributed by atoms with Crippen LogP contribution in [0.15, 0.2) is 42.5 Å². The number of benzene rings is 2. The second-order valence-corrected chi connectivity index (χ2v) is 5.86. The lowest BCUT2D eigenvalue weighted by atomic mass is 9.78. The van der Waals surface area contributed by atoms with Crippen LogP contribution in [0.25, 0.3) is 0 Å². The van der Waals surface area contributed by atoms with Gasteiger partial charge < -0.3 is 14.4 Å². The minimum Gasteiger partial charge on any atom is -0.494 e. The maximum atomic E-state index is 10.8. The summed E-state index contributed by atoms with van der Waals surface area (Å²) in [5.74, 6) is 0.434. The zero-order chi connectivity index (χ0) is 17.1. The molecule has 1 heterocycles. The van der Waals surface area contributed by atoms with Gasteiger partial charge in [0, 0.05) is 27.4 Å². The summed E-state index contributed by atoms with van der Waals surface area (Å²) in [5.41, 5.74) is 1.94. The van der Waals surface area contributed by atoms with Crippen molar-refractivity contribution < 1.29 is 19.3 Å². The average Bonchev–Trinajstić information content (AvgIpc) is 2.87. The van der Waals surface area contributed by atoms with E-state index in [9.17, 15) is 15.1 Å². The lowest BCUT2D eigenvalue weighted by Crippen LogP contribution is -2.30. The molecule has 1 aliphatic rings. The maximum absolute atomic E-state index is 10.8.